The van der Waals surface area contributed by atoms with Gasteiger partial charge in [0.2, 0.25) is 0 Å². The summed E-state index contributed by atoms with van der Waals surface area (Å²) >= 11 is 1.74. The third kappa shape index (κ3) is 7.09. The number of unbranched alkanes of at least 4 members (excludes halogenated alkanes) is 1. The summed E-state index contributed by atoms with van der Waals surface area (Å²) in [5.41, 5.74) is 4.77. The number of carbonyl (C=O) groups excluding carboxylic acids is 1. The Hall–Kier alpha value is -4.11. The zero-order valence-electron chi connectivity index (χ0n) is 23.4. The highest BCUT2D eigenvalue weighted by molar-refractivity contribution is 7.99. The number of hydrogen-bond donors (Lipinski definition) is 2. The first kappa shape index (κ1) is 28.9. The van der Waals surface area contributed by atoms with Gasteiger partial charge >= 0.3 is 6.03 Å². The second kappa shape index (κ2) is 14.3. The van der Waals surface area contributed by atoms with E-state index in [1.807, 2.05) is 60.7 Å². The molecule has 0 spiro atoms. The topological polar surface area (TPSA) is 86.6 Å². The third-order valence-corrected chi connectivity index (χ3v) is 7.48. The summed E-state index contributed by atoms with van der Waals surface area (Å²) in [5.74, 6) is 3.14. The Labute approximate surface area is 240 Å². The molecule has 2 N–H and O–H groups in total. The van der Waals surface area contributed by atoms with Crippen LogP contribution >= 0.6 is 11.8 Å². The zero-order chi connectivity index (χ0) is 28.3. The van der Waals surface area contributed by atoms with Crippen molar-refractivity contribution in [3.05, 3.63) is 72.8 Å². The second-order valence-corrected chi connectivity index (χ2v) is 9.99. The van der Waals surface area contributed by atoms with Gasteiger partial charge in [-0.15, -0.1) is 0 Å². The van der Waals surface area contributed by atoms with Crippen molar-refractivity contribution in [1.29, 1.82) is 0 Å². The molecule has 8 nitrogen and oxygen atoms in total. The van der Waals surface area contributed by atoms with Crippen molar-refractivity contribution < 1.29 is 19.0 Å². The molecule has 4 aromatic rings. The number of rotatable bonds is 13. The summed E-state index contributed by atoms with van der Waals surface area (Å²) in [6.45, 7) is 3.51. The number of ether oxygens (including phenoxy) is 3. The van der Waals surface area contributed by atoms with E-state index in [2.05, 4.69) is 34.3 Å². The maximum Gasteiger partial charge on any atom is 0.319 e. The minimum Gasteiger partial charge on any atom is -0.497 e. The molecule has 40 heavy (non-hydrogen) atoms. The van der Waals surface area contributed by atoms with Gasteiger partial charge in [0.15, 0.2) is 5.16 Å². The Morgan fingerprint density at radius 1 is 0.850 bits per heavy atom. The van der Waals surface area contributed by atoms with Crippen molar-refractivity contribution in [1.82, 2.24) is 14.9 Å². The fourth-order valence-corrected chi connectivity index (χ4v) is 5.40. The standard InChI is InChI=1S/C31H36N4O4S/c1-5-35-29(23-14-18-25(38-3)19-15-23)28(22-12-16-24(37-2)17-13-22)34-31(35)40-21-9-8-20-32-30(36)33-26-10-6-7-11-27(26)39-4/h6-7,10-19H,5,8-9,20-21H2,1-4H3,(H2,32,33,36). The molecule has 0 radical (unpaired) electrons. The molecule has 0 atom stereocenters. The van der Waals surface area contributed by atoms with E-state index < -0.39 is 0 Å². The zero-order valence-corrected chi connectivity index (χ0v) is 24.2. The number of hydrogen-bond acceptors (Lipinski definition) is 6. The maximum atomic E-state index is 12.3. The van der Waals surface area contributed by atoms with E-state index >= 15 is 0 Å². The molecule has 0 saturated heterocycles. The molecule has 3 aromatic carbocycles. The number of carbonyl (C=O) groups is 1. The van der Waals surface area contributed by atoms with Gasteiger partial charge in [0.05, 0.1) is 38.4 Å². The third-order valence-electron chi connectivity index (χ3n) is 6.42. The highest BCUT2D eigenvalue weighted by Crippen LogP contribution is 2.37. The van der Waals surface area contributed by atoms with Crippen LogP contribution in [-0.2, 0) is 6.54 Å². The van der Waals surface area contributed by atoms with E-state index in [9.17, 15) is 4.79 Å². The lowest BCUT2D eigenvalue weighted by molar-refractivity contribution is 0.252. The van der Waals surface area contributed by atoms with Gasteiger partial charge < -0.3 is 29.4 Å². The number of aromatic nitrogens is 2. The van der Waals surface area contributed by atoms with Crippen LogP contribution in [0.2, 0.25) is 0 Å². The number of nitrogens with zero attached hydrogens (tertiary/aromatic N) is 2. The summed E-state index contributed by atoms with van der Waals surface area (Å²) in [7, 11) is 4.92. The Kier molecular flexibility index (Phi) is 10.3. The molecule has 9 heteroatoms. The summed E-state index contributed by atoms with van der Waals surface area (Å²) in [6, 6.07) is 23.2. The fraction of sp³-hybridized carbons (Fsp3) is 0.290. The number of amides is 2. The molecule has 1 aromatic heterocycles. The highest BCUT2D eigenvalue weighted by atomic mass is 32.2. The van der Waals surface area contributed by atoms with E-state index in [0.717, 1.165) is 64.3 Å². The first-order chi connectivity index (χ1) is 19.6. The molecular weight excluding hydrogens is 524 g/mol. The van der Waals surface area contributed by atoms with Gasteiger partial charge in [0, 0.05) is 30.0 Å². The normalized spacial score (nSPS) is 10.7. The van der Waals surface area contributed by atoms with Crippen molar-refractivity contribution in [3.8, 4) is 39.8 Å². The number of methoxy groups -OCH3 is 3. The van der Waals surface area contributed by atoms with Crippen LogP contribution in [0.4, 0.5) is 10.5 Å². The van der Waals surface area contributed by atoms with Gasteiger partial charge in [0.1, 0.15) is 17.2 Å². The van der Waals surface area contributed by atoms with E-state index in [-0.39, 0.29) is 6.03 Å². The fourth-order valence-electron chi connectivity index (χ4n) is 4.33. The molecule has 0 aliphatic heterocycles. The van der Waals surface area contributed by atoms with Crippen LogP contribution in [0.5, 0.6) is 17.2 Å². The SMILES string of the molecule is CCn1c(SCCCCNC(=O)Nc2ccccc2OC)nc(-c2ccc(OC)cc2)c1-c1ccc(OC)cc1. The summed E-state index contributed by atoms with van der Waals surface area (Å²) in [5, 5.41) is 6.73. The number of para-hydroxylation sites is 2. The Morgan fingerprint density at radius 2 is 1.50 bits per heavy atom. The number of anilines is 1. The van der Waals surface area contributed by atoms with Crippen LogP contribution in [0.15, 0.2) is 78.0 Å². The quantitative estimate of drug-likeness (QED) is 0.136. The lowest BCUT2D eigenvalue weighted by Gasteiger charge is -2.12. The number of imidazole rings is 1. The Bertz CT molecular complexity index is 1390. The van der Waals surface area contributed by atoms with Gasteiger partial charge in [-0.1, -0.05) is 23.9 Å². The minimum atomic E-state index is -0.244. The maximum absolute atomic E-state index is 12.3. The van der Waals surface area contributed by atoms with E-state index in [1.165, 1.54) is 0 Å². The average molecular weight is 561 g/mol. The van der Waals surface area contributed by atoms with Crippen molar-refractivity contribution in [2.24, 2.45) is 0 Å². The molecule has 210 valence electrons. The molecule has 0 aliphatic carbocycles. The van der Waals surface area contributed by atoms with Crippen LogP contribution in [-0.4, -0.2) is 49.2 Å². The van der Waals surface area contributed by atoms with Crippen molar-refractivity contribution in [3.63, 3.8) is 0 Å². The predicted octanol–water partition coefficient (Wildman–Crippen LogP) is 6.96. The Morgan fingerprint density at radius 3 is 2.12 bits per heavy atom. The van der Waals surface area contributed by atoms with Crippen molar-refractivity contribution in [2.45, 2.75) is 31.5 Å². The van der Waals surface area contributed by atoms with E-state index in [1.54, 1.807) is 33.1 Å². The number of urea groups is 1. The largest absolute Gasteiger partial charge is 0.497 e. The molecule has 4 rings (SSSR count). The molecular formula is C31H36N4O4S. The molecule has 0 unspecified atom stereocenters. The van der Waals surface area contributed by atoms with E-state index in [0.29, 0.717) is 18.0 Å². The van der Waals surface area contributed by atoms with Crippen LogP contribution in [0.25, 0.3) is 22.5 Å². The predicted molar refractivity (Wildman–Crippen MR) is 162 cm³/mol. The minimum absolute atomic E-state index is 0.244. The lowest BCUT2D eigenvalue weighted by Crippen LogP contribution is -2.29. The molecule has 0 bridgehead atoms. The Balaban J connectivity index is 1.41. The molecule has 0 fully saturated rings. The van der Waals surface area contributed by atoms with E-state index in [4.69, 9.17) is 19.2 Å². The summed E-state index contributed by atoms with van der Waals surface area (Å²) < 4.78 is 18.3. The summed E-state index contributed by atoms with van der Waals surface area (Å²) in [4.78, 5) is 17.4. The average Bonchev–Trinajstić information content (AvgIpc) is 3.37. The van der Waals surface area contributed by atoms with Crippen LogP contribution in [0.1, 0.15) is 19.8 Å². The molecule has 1 heterocycles. The van der Waals surface area contributed by atoms with Crippen molar-refractivity contribution in [2.75, 3.05) is 38.9 Å². The van der Waals surface area contributed by atoms with Crippen LogP contribution < -0.4 is 24.8 Å². The van der Waals surface area contributed by atoms with Gasteiger partial charge in [-0.05, 0) is 80.4 Å². The van der Waals surface area contributed by atoms with Crippen LogP contribution in [0.3, 0.4) is 0 Å². The van der Waals surface area contributed by atoms with Crippen LogP contribution in [0, 0.1) is 0 Å². The smallest absolute Gasteiger partial charge is 0.319 e. The second-order valence-electron chi connectivity index (χ2n) is 8.93. The number of nitrogens with one attached hydrogen (secondary N) is 2. The molecule has 2 amide bonds. The summed E-state index contributed by atoms with van der Waals surface area (Å²) in [6.07, 6.45) is 1.79. The van der Waals surface area contributed by atoms with Crippen molar-refractivity contribution >= 4 is 23.5 Å². The van der Waals surface area contributed by atoms with Gasteiger partial charge in [0.25, 0.3) is 0 Å². The first-order valence-corrected chi connectivity index (χ1v) is 14.3. The van der Waals surface area contributed by atoms with Gasteiger partial charge in [-0.3, -0.25) is 0 Å². The van der Waals surface area contributed by atoms with Gasteiger partial charge in [-0.25, -0.2) is 9.78 Å². The number of thioether (sulfide) groups is 1. The number of benzene rings is 3. The molecule has 0 saturated carbocycles. The van der Waals surface area contributed by atoms with Gasteiger partial charge in [-0.2, -0.15) is 0 Å². The monoisotopic (exact) mass is 560 g/mol. The lowest BCUT2D eigenvalue weighted by atomic mass is 10.0. The highest BCUT2D eigenvalue weighted by Gasteiger charge is 2.20. The molecule has 0 aliphatic rings. The first-order valence-electron chi connectivity index (χ1n) is 13.3.